The van der Waals surface area contributed by atoms with Gasteiger partial charge in [-0.05, 0) is 44.4 Å². The maximum atomic E-state index is 9.36. The molecule has 0 aromatic heterocycles. The molecule has 0 heterocycles. The van der Waals surface area contributed by atoms with Crippen LogP contribution in [0, 0.1) is 5.92 Å². The fraction of sp³-hybridized carbons (Fsp3) is 1.00. The molecule has 1 fully saturated rings. The van der Waals surface area contributed by atoms with Crippen LogP contribution in [0.25, 0.3) is 0 Å². The van der Waals surface area contributed by atoms with E-state index in [2.05, 4.69) is 13.8 Å². The Hall–Kier alpha value is -0.0800. The normalized spacial score (nSPS) is 35.3. The molecule has 0 saturated heterocycles. The van der Waals surface area contributed by atoms with Gasteiger partial charge in [0.1, 0.15) is 0 Å². The van der Waals surface area contributed by atoms with E-state index in [1.165, 1.54) is 6.42 Å². The summed E-state index contributed by atoms with van der Waals surface area (Å²) in [6.07, 6.45) is 6.05. The Labute approximate surface area is 81.5 Å². The van der Waals surface area contributed by atoms with Crippen molar-refractivity contribution in [1.82, 2.24) is 0 Å². The predicted octanol–water partition coefficient (Wildman–Crippen LogP) is 2.05. The lowest BCUT2D eigenvalue weighted by atomic mass is 9.77. The van der Waals surface area contributed by atoms with Crippen LogP contribution in [0.15, 0.2) is 0 Å². The Morgan fingerprint density at radius 3 is 2.38 bits per heavy atom. The minimum atomic E-state index is -0.0873. The largest absolute Gasteiger partial charge is 0.393 e. The first-order valence-electron chi connectivity index (χ1n) is 5.49. The Morgan fingerprint density at radius 2 is 1.92 bits per heavy atom. The summed E-state index contributed by atoms with van der Waals surface area (Å²) in [5, 5.41) is 9.36. The zero-order valence-corrected chi connectivity index (χ0v) is 8.92. The molecule has 1 aliphatic carbocycles. The van der Waals surface area contributed by atoms with Crippen molar-refractivity contribution in [3.63, 3.8) is 0 Å². The second-order valence-corrected chi connectivity index (χ2v) is 5.03. The van der Waals surface area contributed by atoms with Crippen molar-refractivity contribution in [2.75, 3.05) is 0 Å². The van der Waals surface area contributed by atoms with E-state index < -0.39 is 0 Å². The third-order valence-corrected chi connectivity index (χ3v) is 3.17. The molecule has 13 heavy (non-hydrogen) atoms. The minimum Gasteiger partial charge on any atom is -0.393 e. The van der Waals surface area contributed by atoms with Crippen molar-refractivity contribution in [1.29, 1.82) is 0 Å². The summed E-state index contributed by atoms with van der Waals surface area (Å²) in [5.74, 6) is 0.743. The molecule has 0 aromatic rings. The first kappa shape index (κ1) is 11.0. The zero-order chi connectivity index (χ0) is 9.90. The summed E-state index contributed by atoms with van der Waals surface area (Å²) in [7, 11) is 0. The van der Waals surface area contributed by atoms with Gasteiger partial charge in [0, 0.05) is 5.54 Å². The van der Waals surface area contributed by atoms with Gasteiger partial charge in [0.15, 0.2) is 0 Å². The topological polar surface area (TPSA) is 46.2 Å². The first-order valence-corrected chi connectivity index (χ1v) is 5.49. The molecule has 78 valence electrons. The number of rotatable bonds is 3. The monoisotopic (exact) mass is 185 g/mol. The maximum absolute atomic E-state index is 9.36. The van der Waals surface area contributed by atoms with E-state index in [1.54, 1.807) is 0 Å². The smallest absolute Gasteiger partial charge is 0.0541 e. The van der Waals surface area contributed by atoms with Gasteiger partial charge in [-0.1, -0.05) is 13.8 Å². The van der Waals surface area contributed by atoms with Gasteiger partial charge in [-0.25, -0.2) is 0 Å². The third kappa shape index (κ3) is 3.65. The zero-order valence-electron chi connectivity index (χ0n) is 8.92. The molecule has 0 aromatic carbocycles. The van der Waals surface area contributed by atoms with Crippen LogP contribution in [0.3, 0.4) is 0 Å². The highest BCUT2D eigenvalue weighted by molar-refractivity contribution is 4.89. The van der Waals surface area contributed by atoms with E-state index in [4.69, 9.17) is 5.73 Å². The van der Waals surface area contributed by atoms with Crippen molar-refractivity contribution in [3.8, 4) is 0 Å². The summed E-state index contributed by atoms with van der Waals surface area (Å²) in [6, 6.07) is 0. The van der Waals surface area contributed by atoms with E-state index in [1.807, 2.05) is 0 Å². The number of hydrogen-bond acceptors (Lipinski definition) is 2. The van der Waals surface area contributed by atoms with E-state index >= 15 is 0 Å². The summed E-state index contributed by atoms with van der Waals surface area (Å²) in [4.78, 5) is 0. The van der Waals surface area contributed by atoms with E-state index in [0.717, 1.165) is 38.0 Å². The molecule has 0 bridgehead atoms. The molecule has 1 aliphatic rings. The molecule has 1 rings (SSSR count). The van der Waals surface area contributed by atoms with Crippen molar-refractivity contribution in [3.05, 3.63) is 0 Å². The summed E-state index contributed by atoms with van der Waals surface area (Å²) in [6.45, 7) is 4.47. The van der Waals surface area contributed by atoms with Crippen molar-refractivity contribution >= 4 is 0 Å². The molecule has 0 amide bonds. The van der Waals surface area contributed by atoms with Crippen LogP contribution in [0.5, 0.6) is 0 Å². The lowest BCUT2D eigenvalue weighted by molar-refractivity contribution is 0.0925. The fourth-order valence-corrected chi connectivity index (χ4v) is 2.00. The van der Waals surface area contributed by atoms with Crippen molar-refractivity contribution in [2.24, 2.45) is 11.7 Å². The summed E-state index contributed by atoms with van der Waals surface area (Å²) in [5.41, 5.74) is 6.29. The van der Waals surface area contributed by atoms with E-state index in [-0.39, 0.29) is 11.6 Å². The molecule has 1 saturated carbocycles. The van der Waals surface area contributed by atoms with Gasteiger partial charge >= 0.3 is 0 Å². The quantitative estimate of drug-likeness (QED) is 0.707. The molecule has 0 spiro atoms. The highest BCUT2D eigenvalue weighted by Crippen LogP contribution is 2.30. The van der Waals surface area contributed by atoms with Gasteiger partial charge in [-0.15, -0.1) is 0 Å². The molecule has 0 atom stereocenters. The molecule has 0 radical (unpaired) electrons. The van der Waals surface area contributed by atoms with E-state index in [0.29, 0.717) is 0 Å². The molecular formula is C11H23NO. The Kier molecular flexibility index (Phi) is 3.74. The van der Waals surface area contributed by atoms with Crippen LogP contribution in [0.1, 0.15) is 52.4 Å². The summed E-state index contributed by atoms with van der Waals surface area (Å²) < 4.78 is 0. The molecular weight excluding hydrogens is 162 g/mol. The van der Waals surface area contributed by atoms with Gasteiger partial charge in [0.25, 0.3) is 0 Å². The summed E-state index contributed by atoms with van der Waals surface area (Å²) >= 11 is 0. The standard InChI is InChI=1S/C11H23NO/c1-9(2)3-6-11(12)7-4-10(13)5-8-11/h9-10,13H,3-8,12H2,1-2H3. The van der Waals surface area contributed by atoms with Gasteiger partial charge in [-0.2, -0.15) is 0 Å². The number of hydrogen-bond donors (Lipinski definition) is 2. The van der Waals surface area contributed by atoms with Gasteiger partial charge < -0.3 is 10.8 Å². The molecule has 0 unspecified atom stereocenters. The molecule has 3 N–H and O–H groups in total. The highest BCUT2D eigenvalue weighted by Gasteiger charge is 2.30. The Morgan fingerprint density at radius 1 is 1.38 bits per heavy atom. The third-order valence-electron chi connectivity index (χ3n) is 3.17. The van der Waals surface area contributed by atoms with Crippen molar-refractivity contribution < 1.29 is 5.11 Å². The van der Waals surface area contributed by atoms with Crippen LogP contribution >= 0.6 is 0 Å². The fourth-order valence-electron chi connectivity index (χ4n) is 2.00. The van der Waals surface area contributed by atoms with Crippen LogP contribution in [0.2, 0.25) is 0 Å². The van der Waals surface area contributed by atoms with Crippen LogP contribution in [-0.2, 0) is 0 Å². The SMILES string of the molecule is CC(C)CCC1(N)CCC(O)CC1. The van der Waals surface area contributed by atoms with Crippen LogP contribution in [0.4, 0.5) is 0 Å². The average Bonchev–Trinajstić information content (AvgIpc) is 2.08. The Bertz CT molecular complexity index is 148. The second kappa shape index (κ2) is 4.43. The van der Waals surface area contributed by atoms with Gasteiger partial charge in [-0.3, -0.25) is 0 Å². The Balaban J connectivity index is 2.30. The lowest BCUT2D eigenvalue weighted by Crippen LogP contribution is -2.44. The van der Waals surface area contributed by atoms with Crippen molar-refractivity contribution in [2.45, 2.75) is 64.0 Å². The second-order valence-electron chi connectivity index (χ2n) is 5.03. The molecule has 2 heteroatoms. The number of aliphatic hydroxyl groups excluding tert-OH is 1. The maximum Gasteiger partial charge on any atom is 0.0541 e. The van der Waals surface area contributed by atoms with Gasteiger partial charge in [0.2, 0.25) is 0 Å². The molecule has 0 aliphatic heterocycles. The van der Waals surface area contributed by atoms with Gasteiger partial charge in [0.05, 0.1) is 6.10 Å². The molecule has 2 nitrogen and oxygen atoms in total. The predicted molar refractivity (Wildman–Crippen MR) is 55.5 cm³/mol. The highest BCUT2D eigenvalue weighted by atomic mass is 16.3. The van der Waals surface area contributed by atoms with Crippen LogP contribution < -0.4 is 5.73 Å². The lowest BCUT2D eigenvalue weighted by Gasteiger charge is -2.36. The average molecular weight is 185 g/mol. The number of nitrogens with two attached hydrogens (primary N) is 1. The van der Waals surface area contributed by atoms with E-state index in [9.17, 15) is 5.11 Å². The number of aliphatic hydroxyl groups is 1. The minimum absolute atomic E-state index is 0.0312. The first-order chi connectivity index (χ1) is 6.02. The van der Waals surface area contributed by atoms with Crippen LogP contribution in [-0.4, -0.2) is 16.7 Å².